The van der Waals surface area contributed by atoms with Crippen molar-refractivity contribution < 1.29 is 22.8 Å². The maximum atomic E-state index is 12.9. The highest BCUT2D eigenvalue weighted by atomic mass is 19.4. The number of hydrogen-bond acceptors (Lipinski definition) is 3. The summed E-state index contributed by atoms with van der Waals surface area (Å²) < 4.78 is 38.2. The van der Waals surface area contributed by atoms with Crippen molar-refractivity contribution in [1.29, 1.82) is 0 Å². The van der Waals surface area contributed by atoms with Gasteiger partial charge in [-0.15, -0.1) is 0 Å². The van der Waals surface area contributed by atoms with Gasteiger partial charge in [-0.25, -0.2) is 0 Å². The molecular formula is C22H20F3N3O2. The molecule has 1 N–H and O–H groups in total. The van der Waals surface area contributed by atoms with Crippen LogP contribution in [0.2, 0.25) is 0 Å². The molecule has 30 heavy (non-hydrogen) atoms. The van der Waals surface area contributed by atoms with Crippen LogP contribution < -0.4 is 5.32 Å². The van der Waals surface area contributed by atoms with Crippen LogP contribution in [0.5, 0.6) is 0 Å². The molecule has 0 spiro atoms. The molecule has 0 radical (unpaired) electrons. The zero-order valence-electron chi connectivity index (χ0n) is 16.5. The molecule has 0 bridgehead atoms. The van der Waals surface area contributed by atoms with E-state index >= 15 is 0 Å². The lowest BCUT2D eigenvalue weighted by molar-refractivity contribution is -0.185. The summed E-state index contributed by atoms with van der Waals surface area (Å²) in [7, 11) is 0. The number of nitrogens with zero attached hydrogens (tertiary/aromatic N) is 2. The van der Waals surface area contributed by atoms with E-state index in [4.69, 9.17) is 0 Å². The molecule has 0 unspecified atom stereocenters. The third kappa shape index (κ3) is 4.76. The largest absolute Gasteiger partial charge is 0.471 e. The van der Waals surface area contributed by atoms with Gasteiger partial charge in [-0.3, -0.25) is 14.6 Å². The van der Waals surface area contributed by atoms with E-state index in [1.165, 1.54) is 6.92 Å². The summed E-state index contributed by atoms with van der Waals surface area (Å²) in [5, 5.41) is 3.48. The zero-order chi connectivity index (χ0) is 21.9. The molecule has 2 amide bonds. The SMILES string of the molecule is CCN(Cc1cccc(NC(=O)c2cc(C)nc3ccccc23)c1)C(=O)C(F)(F)F. The predicted octanol–water partition coefficient (Wildman–Crippen LogP) is 4.71. The first kappa shape index (κ1) is 21.3. The van der Waals surface area contributed by atoms with E-state index in [0.717, 1.165) is 0 Å². The van der Waals surface area contributed by atoms with Crippen LogP contribution in [0.15, 0.2) is 54.6 Å². The monoisotopic (exact) mass is 415 g/mol. The average molecular weight is 415 g/mol. The molecule has 3 aromatic rings. The number of nitrogens with one attached hydrogen (secondary N) is 1. The fourth-order valence-electron chi connectivity index (χ4n) is 3.17. The summed E-state index contributed by atoms with van der Waals surface area (Å²) in [4.78, 5) is 29.5. The van der Waals surface area contributed by atoms with Gasteiger partial charge in [-0.1, -0.05) is 30.3 Å². The number of anilines is 1. The number of fused-ring (bicyclic) bond motifs is 1. The second kappa shape index (κ2) is 8.52. The van der Waals surface area contributed by atoms with Crippen molar-refractivity contribution in [1.82, 2.24) is 9.88 Å². The van der Waals surface area contributed by atoms with Crippen LogP contribution in [0.3, 0.4) is 0 Å². The first-order valence-electron chi connectivity index (χ1n) is 9.32. The Morgan fingerprint density at radius 3 is 2.50 bits per heavy atom. The van der Waals surface area contributed by atoms with E-state index in [1.54, 1.807) is 43.3 Å². The van der Waals surface area contributed by atoms with E-state index in [0.29, 0.717) is 38.3 Å². The highest BCUT2D eigenvalue weighted by Gasteiger charge is 2.41. The number of amides is 2. The van der Waals surface area contributed by atoms with Gasteiger partial charge in [-0.2, -0.15) is 13.2 Å². The van der Waals surface area contributed by atoms with Gasteiger partial charge in [0.05, 0.1) is 11.1 Å². The number of rotatable bonds is 5. The van der Waals surface area contributed by atoms with E-state index in [-0.39, 0.29) is 19.0 Å². The first-order chi connectivity index (χ1) is 14.2. The van der Waals surface area contributed by atoms with Crippen molar-refractivity contribution in [2.45, 2.75) is 26.6 Å². The molecule has 0 aliphatic heterocycles. The number of carbonyl (C=O) groups excluding carboxylic acids is 2. The van der Waals surface area contributed by atoms with Crippen LogP contribution in [-0.2, 0) is 11.3 Å². The molecule has 0 aliphatic rings. The van der Waals surface area contributed by atoms with Crippen LogP contribution in [-0.4, -0.2) is 34.4 Å². The molecule has 156 valence electrons. The first-order valence-corrected chi connectivity index (χ1v) is 9.32. The number of hydrogen-bond donors (Lipinski definition) is 1. The van der Waals surface area contributed by atoms with Gasteiger partial charge in [0.2, 0.25) is 0 Å². The van der Waals surface area contributed by atoms with Gasteiger partial charge in [0, 0.05) is 29.9 Å². The van der Waals surface area contributed by atoms with Crippen LogP contribution in [0.4, 0.5) is 18.9 Å². The molecule has 0 atom stereocenters. The Balaban J connectivity index is 1.82. The number of alkyl halides is 3. The number of aryl methyl sites for hydroxylation is 1. The molecule has 0 fully saturated rings. The summed E-state index contributed by atoms with van der Waals surface area (Å²) in [6.45, 7) is 2.97. The molecule has 8 heteroatoms. The minimum atomic E-state index is -4.93. The van der Waals surface area contributed by atoms with E-state index < -0.39 is 12.1 Å². The fraction of sp³-hybridized carbons (Fsp3) is 0.227. The Bertz CT molecular complexity index is 1100. The van der Waals surface area contributed by atoms with E-state index in [9.17, 15) is 22.8 Å². The quantitative estimate of drug-likeness (QED) is 0.657. The zero-order valence-corrected chi connectivity index (χ0v) is 16.5. The number of benzene rings is 2. The summed E-state index contributed by atoms with van der Waals surface area (Å²) in [6, 6.07) is 15.4. The Morgan fingerprint density at radius 2 is 1.80 bits per heavy atom. The minimum Gasteiger partial charge on any atom is -0.331 e. The molecule has 5 nitrogen and oxygen atoms in total. The van der Waals surface area contributed by atoms with Gasteiger partial charge in [0.1, 0.15) is 0 Å². The summed E-state index contributed by atoms with van der Waals surface area (Å²) in [5.74, 6) is -2.24. The van der Waals surface area contributed by atoms with Gasteiger partial charge < -0.3 is 10.2 Å². The van der Waals surface area contributed by atoms with E-state index in [2.05, 4.69) is 10.3 Å². The summed E-state index contributed by atoms with van der Waals surface area (Å²) >= 11 is 0. The van der Waals surface area contributed by atoms with Gasteiger partial charge >= 0.3 is 12.1 Å². The van der Waals surface area contributed by atoms with Gasteiger partial charge in [0.25, 0.3) is 5.91 Å². The standard InChI is InChI=1S/C22H20F3N3O2/c1-3-28(21(30)22(23,24)25)13-15-7-6-8-16(12-15)27-20(29)18-11-14(2)26-19-10-5-4-9-17(18)19/h4-12H,3,13H2,1-2H3,(H,27,29). The highest BCUT2D eigenvalue weighted by Crippen LogP contribution is 2.22. The average Bonchev–Trinajstić information content (AvgIpc) is 2.70. The molecule has 1 aromatic heterocycles. The Morgan fingerprint density at radius 1 is 1.07 bits per heavy atom. The summed E-state index contributed by atoms with van der Waals surface area (Å²) in [5.41, 5.74) is 2.73. The number of para-hydroxylation sites is 1. The lowest BCUT2D eigenvalue weighted by Gasteiger charge is -2.22. The number of pyridine rings is 1. The summed E-state index contributed by atoms with van der Waals surface area (Å²) in [6.07, 6.45) is -4.93. The van der Waals surface area contributed by atoms with Crippen LogP contribution in [0.25, 0.3) is 10.9 Å². The maximum absolute atomic E-state index is 12.9. The van der Waals surface area contributed by atoms with Crippen LogP contribution in [0, 0.1) is 6.92 Å². The van der Waals surface area contributed by atoms with Crippen molar-refractivity contribution in [3.63, 3.8) is 0 Å². The number of halogens is 3. The Labute approximate surface area is 171 Å². The normalized spacial score (nSPS) is 11.4. The Hall–Kier alpha value is -3.42. The third-order valence-corrected chi connectivity index (χ3v) is 4.56. The van der Waals surface area contributed by atoms with Gasteiger partial charge in [-0.05, 0) is 43.7 Å². The maximum Gasteiger partial charge on any atom is 0.471 e. The minimum absolute atomic E-state index is 0.0861. The highest BCUT2D eigenvalue weighted by molar-refractivity contribution is 6.12. The van der Waals surface area contributed by atoms with Crippen molar-refractivity contribution >= 4 is 28.4 Å². The topological polar surface area (TPSA) is 62.3 Å². The number of aromatic nitrogens is 1. The smallest absolute Gasteiger partial charge is 0.331 e. The molecular weight excluding hydrogens is 395 g/mol. The molecule has 3 rings (SSSR count). The third-order valence-electron chi connectivity index (χ3n) is 4.56. The lowest BCUT2D eigenvalue weighted by atomic mass is 10.1. The second-order valence-electron chi connectivity index (χ2n) is 6.80. The van der Waals surface area contributed by atoms with Crippen molar-refractivity contribution in [2.75, 3.05) is 11.9 Å². The lowest BCUT2D eigenvalue weighted by Crippen LogP contribution is -2.40. The number of carbonyl (C=O) groups is 2. The van der Waals surface area contributed by atoms with Crippen LogP contribution in [0.1, 0.15) is 28.5 Å². The molecule has 2 aromatic carbocycles. The van der Waals surface area contributed by atoms with Crippen molar-refractivity contribution in [3.05, 3.63) is 71.4 Å². The molecule has 0 saturated heterocycles. The van der Waals surface area contributed by atoms with Crippen LogP contribution >= 0.6 is 0 Å². The Kier molecular flexibility index (Phi) is 6.05. The second-order valence-corrected chi connectivity index (χ2v) is 6.80. The van der Waals surface area contributed by atoms with Crippen molar-refractivity contribution in [3.8, 4) is 0 Å². The molecule has 0 aliphatic carbocycles. The molecule has 0 saturated carbocycles. The predicted molar refractivity (Wildman–Crippen MR) is 108 cm³/mol. The fourth-order valence-corrected chi connectivity index (χ4v) is 3.17. The van der Waals surface area contributed by atoms with Gasteiger partial charge in [0.15, 0.2) is 0 Å². The van der Waals surface area contributed by atoms with E-state index in [1.807, 2.05) is 18.2 Å². The molecule has 1 heterocycles. The van der Waals surface area contributed by atoms with Crippen molar-refractivity contribution in [2.24, 2.45) is 0 Å².